The van der Waals surface area contributed by atoms with Crippen molar-refractivity contribution >= 4 is 16.8 Å². The van der Waals surface area contributed by atoms with Gasteiger partial charge in [0.15, 0.2) is 0 Å². The quantitative estimate of drug-likeness (QED) is 0.757. The van der Waals surface area contributed by atoms with Gasteiger partial charge in [-0.05, 0) is 43.0 Å². The average Bonchev–Trinajstić information content (AvgIpc) is 3.05. The van der Waals surface area contributed by atoms with Crippen LogP contribution in [-0.2, 0) is 12.8 Å². The maximum absolute atomic E-state index is 12.7. The van der Waals surface area contributed by atoms with E-state index in [1.54, 1.807) is 32.4 Å². The molecule has 1 aromatic heterocycles. The fraction of sp³-hybridized carbons (Fsp3) is 0.286. The zero-order chi connectivity index (χ0) is 18.1. The minimum Gasteiger partial charge on any atom is -0.497 e. The van der Waals surface area contributed by atoms with E-state index in [0.29, 0.717) is 17.1 Å². The molecule has 1 unspecified atom stereocenters. The van der Waals surface area contributed by atoms with Crippen LogP contribution >= 0.6 is 0 Å². The number of carbonyl (C=O) groups excluding carboxylic acids is 1. The molecule has 0 bridgehead atoms. The van der Waals surface area contributed by atoms with Crippen LogP contribution in [0, 0.1) is 0 Å². The van der Waals surface area contributed by atoms with Crippen molar-refractivity contribution in [2.75, 3.05) is 14.2 Å². The number of aromatic amines is 1. The van der Waals surface area contributed by atoms with E-state index in [9.17, 15) is 4.79 Å². The van der Waals surface area contributed by atoms with Crippen LogP contribution in [0.15, 0.2) is 42.5 Å². The number of hydrogen-bond acceptors (Lipinski definition) is 3. The third-order valence-corrected chi connectivity index (χ3v) is 5.04. The molecule has 5 nitrogen and oxygen atoms in total. The molecule has 0 radical (unpaired) electrons. The molecule has 2 N–H and O–H groups in total. The predicted octanol–water partition coefficient (Wildman–Crippen LogP) is 3.47. The normalized spacial score (nSPS) is 16.2. The third kappa shape index (κ3) is 3.01. The summed E-state index contributed by atoms with van der Waals surface area (Å²) in [5, 5.41) is 4.42. The number of ether oxygens (including phenoxy) is 2. The molecule has 1 heterocycles. The van der Waals surface area contributed by atoms with Crippen molar-refractivity contribution in [3.8, 4) is 11.5 Å². The number of carbonyl (C=O) groups is 1. The Kier molecular flexibility index (Phi) is 4.29. The fourth-order valence-corrected chi connectivity index (χ4v) is 3.70. The average molecular weight is 350 g/mol. The molecule has 1 aliphatic rings. The molecular weight excluding hydrogens is 328 g/mol. The van der Waals surface area contributed by atoms with Crippen LogP contribution in [-0.4, -0.2) is 31.2 Å². The standard InChI is InChI=1S/C21H22N2O3/c1-25-15-9-13(10-16(12-15)26-2)21(24)22-14-7-8-20-18(11-14)17-5-3-4-6-19(17)23-20/h3-6,9-10,12,14,23H,7-8,11H2,1-2H3,(H,22,24). The van der Waals surface area contributed by atoms with E-state index in [1.165, 1.54) is 22.2 Å². The van der Waals surface area contributed by atoms with Gasteiger partial charge in [-0.2, -0.15) is 0 Å². The molecule has 0 fully saturated rings. The Bertz CT molecular complexity index is 939. The number of amides is 1. The molecule has 4 rings (SSSR count). The highest BCUT2D eigenvalue weighted by molar-refractivity contribution is 5.95. The Morgan fingerprint density at radius 1 is 1.12 bits per heavy atom. The van der Waals surface area contributed by atoms with Gasteiger partial charge in [0.05, 0.1) is 14.2 Å². The number of H-pyrrole nitrogens is 1. The first-order chi connectivity index (χ1) is 12.7. The van der Waals surface area contributed by atoms with Gasteiger partial charge < -0.3 is 19.8 Å². The van der Waals surface area contributed by atoms with E-state index >= 15 is 0 Å². The molecule has 1 atom stereocenters. The number of benzene rings is 2. The Hall–Kier alpha value is -2.95. The molecule has 0 spiro atoms. The summed E-state index contributed by atoms with van der Waals surface area (Å²) in [5.41, 5.74) is 4.33. The molecular formula is C21H22N2O3. The maximum Gasteiger partial charge on any atom is 0.251 e. The smallest absolute Gasteiger partial charge is 0.251 e. The largest absolute Gasteiger partial charge is 0.497 e. The Morgan fingerprint density at radius 3 is 2.58 bits per heavy atom. The minimum absolute atomic E-state index is 0.101. The second-order valence-corrected chi connectivity index (χ2v) is 6.64. The second-order valence-electron chi connectivity index (χ2n) is 6.64. The topological polar surface area (TPSA) is 63.4 Å². The minimum atomic E-state index is -0.101. The summed E-state index contributed by atoms with van der Waals surface area (Å²) >= 11 is 0. The summed E-state index contributed by atoms with van der Waals surface area (Å²) in [6.07, 6.45) is 2.70. The van der Waals surface area contributed by atoms with E-state index in [4.69, 9.17) is 9.47 Å². The van der Waals surface area contributed by atoms with Crippen LogP contribution in [0.1, 0.15) is 28.0 Å². The van der Waals surface area contributed by atoms with E-state index in [-0.39, 0.29) is 11.9 Å². The lowest BCUT2D eigenvalue weighted by Gasteiger charge is -2.24. The highest BCUT2D eigenvalue weighted by Gasteiger charge is 2.24. The number of aromatic nitrogens is 1. The lowest BCUT2D eigenvalue weighted by molar-refractivity contribution is 0.0933. The highest BCUT2D eigenvalue weighted by atomic mass is 16.5. The van der Waals surface area contributed by atoms with Gasteiger partial charge >= 0.3 is 0 Å². The molecule has 1 amide bonds. The van der Waals surface area contributed by atoms with Gasteiger partial charge in [0.25, 0.3) is 5.91 Å². The zero-order valence-corrected chi connectivity index (χ0v) is 15.0. The summed E-state index contributed by atoms with van der Waals surface area (Å²) in [6, 6.07) is 13.7. The predicted molar refractivity (Wildman–Crippen MR) is 101 cm³/mol. The number of nitrogens with one attached hydrogen (secondary N) is 2. The van der Waals surface area contributed by atoms with Crippen LogP contribution in [0.3, 0.4) is 0 Å². The van der Waals surface area contributed by atoms with Crippen molar-refractivity contribution in [2.24, 2.45) is 0 Å². The van der Waals surface area contributed by atoms with Gasteiger partial charge in [0, 0.05) is 34.3 Å². The van der Waals surface area contributed by atoms with Gasteiger partial charge in [-0.25, -0.2) is 0 Å². The van der Waals surface area contributed by atoms with Crippen LogP contribution in [0.4, 0.5) is 0 Å². The van der Waals surface area contributed by atoms with Crippen LogP contribution in [0.2, 0.25) is 0 Å². The highest BCUT2D eigenvalue weighted by Crippen LogP contribution is 2.29. The van der Waals surface area contributed by atoms with Gasteiger partial charge in [0.2, 0.25) is 0 Å². The van der Waals surface area contributed by atoms with Gasteiger partial charge in [-0.15, -0.1) is 0 Å². The van der Waals surface area contributed by atoms with Crippen molar-refractivity contribution in [1.82, 2.24) is 10.3 Å². The first kappa shape index (κ1) is 16.5. The Balaban J connectivity index is 1.54. The molecule has 0 saturated heterocycles. The molecule has 134 valence electrons. The van der Waals surface area contributed by atoms with Crippen LogP contribution in [0.25, 0.3) is 10.9 Å². The molecule has 2 aromatic carbocycles. The second kappa shape index (κ2) is 6.75. The van der Waals surface area contributed by atoms with Crippen molar-refractivity contribution in [3.63, 3.8) is 0 Å². The Labute approximate surface area is 152 Å². The third-order valence-electron chi connectivity index (χ3n) is 5.04. The summed E-state index contributed by atoms with van der Waals surface area (Å²) in [6.45, 7) is 0. The lowest BCUT2D eigenvalue weighted by atomic mass is 9.91. The van der Waals surface area contributed by atoms with Gasteiger partial charge in [-0.1, -0.05) is 18.2 Å². The molecule has 26 heavy (non-hydrogen) atoms. The van der Waals surface area contributed by atoms with Crippen LogP contribution < -0.4 is 14.8 Å². The molecule has 0 saturated carbocycles. The van der Waals surface area contributed by atoms with Crippen molar-refractivity contribution in [2.45, 2.75) is 25.3 Å². The summed E-state index contributed by atoms with van der Waals surface area (Å²) in [7, 11) is 3.16. The zero-order valence-electron chi connectivity index (χ0n) is 15.0. The molecule has 1 aliphatic carbocycles. The molecule has 0 aliphatic heterocycles. The first-order valence-electron chi connectivity index (χ1n) is 8.80. The number of hydrogen-bond donors (Lipinski definition) is 2. The first-order valence-corrected chi connectivity index (χ1v) is 8.80. The van der Waals surface area contributed by atoms with E-state index < -0.39 is 0 Å². The number of fused-ring (bicyclic) bond motifs is 3. The number of methoxy groups -OCH3 is 2. The number of para-hydroxylation sites is 1. The number of rotatable bonds is 4. The van der Waals surface area contributed by atoms with E-state index in [1.807, 2.05) is 6.07 Å². The summed E-state index contributed by atoms with van der Waals surface area (Å²) < 4.78 is 10.5. The maximum atomic E-state index is 12.7. The monoisotopic (exact) mass is 350 g/mol. The number of aryl methyl sites for hydroxylation is 1. The van der Waals surface area contributed by atoms with Crippen LogP contribution in [0.5, 0.6) is 11.5 Å². The van der Waals surface area contributed by atoms with Crippen molar-refractivity contribution in [3.05, 3.63) is 59.3 Å². The summed E-state index contributed by atoms with van der Waals surface area (Å²) in [4.78, 5) is 16.2. The SMILES string of the molecule is COc1cc(OC)cc(C(=O)NC2CCc3[nH]c4ccccc4c3C2)c1. The summed E-state index contributed by atoms with van der Waals surface area (Å²) in [5.74, 6) is 1.12. The van der Waals surface area contributed by atoms with E-state index in [0.717, 1.165) is 19.3 Å². The molecule has 3 aromatic rings. The lowest BCUT2D eigenvalue weighted by Crippen LogP contribution is -2.38. The molecule has 5 heteroatoms. The van der Waals surface area contributed by atoms with Crippen molar-refractivity contribution < 1.29 is 14.3 Å². The fourth-order valence-electron chi connectivity index (χ4n) is 3.70. The van der Waals surface area contributed by atoms with Gasteiger partial charge in [0.1, 0.15) is 11.5 Å². The van der Waals surface area contributed by atoms with Gasteiger partial charge in [-0.3, -0.25) is 4.79 Å². The van der Waals surface area contributed by atoms with Crippen molar-refractivity contribution in [1.29, 1.82) is 0 Å². The van der Waals surface area contributed by atoms with E-state index in [2.05, 4.69) is 28.5 Å². The Morgan fingerprint density at radius 2 is 1.85 bits per heavy atom.